The van der Waals surface area contributed by atoms with E-state index in [2.05, 4.69) is 15.1 Å². The molecule has 0 N–H and O–H groups in total. The molecule has 2 heterocycles. The van der Waals surface area contributed by atoms with Crippen LogP contribution in [-0.2, 0) is 7.05 Å². The molecule has 0 saturated heterocycles. The van der Waals surface area contributed by atoms with Crippen molar-refractivity contribution in [2.24, 2.45) is 7.05 Å². The number of aromatic nitrogens is 4. The minimum atomic E-state index is 0.0668. The molecule has 0 fully saturated rings. The molecule has 0 atom stereocenters. The quantitative estimate of drug-likeness (QED) is 0.781. The van der Waals surface area contributed by atoms with Crippen molar-refractivity contribution in [3.63, 3.8) is 0 Å². The first-order valence-electron chi connectivity index (χ1n) is 6.07. The van der Waals surface area contributed by atoms with Gasteiger partial charge in [-0.2, -0.15) is 5.10 Å². The van der Waals surface area contributed by atoms with Gasteiger partial charge in [-0.1, -0.05) is 20.8 Å². The third-order valence-electron chi connectivity index (χ3n) is 2.28. The molecule has 2 aromatic rings. The summed E-state index contributed by atoms with van der Waals surface area (Å²) in [5.74, 6) is 0.602. The minimum Gasteiger partial charge on any atom is -0.292 e. The molecule has 0 aliphatic carbocycles. The second-order valence-electron chi connectivity index (χ2n) is 3.39. The molecule has 0 aromatic carbocycles. The van der Waals surface area contributed by atoms with E-state index in [1.165, 1.54) is 0 Å². The van der Waals surface area contributed by atoms with Gasteiger partial charge in [0.05, 0.1) is 0 Å². The lowest BCUT2D eigenvalue weighted by Crippen LogP contribution is -2.04. The van der Waals surface area contributed by atoms with E-state index < -0.39 is 0 Å². The summed E-state index contributed by atoms with van der Waals surface area (Å²) in [5.41, 5.74) is 1.21. The lowest BCUT2D eigenvalue weighted by atomic mass is 10.2. The van der Waals surface area contributed by atoms with E-state index in [0.717, 1.165) is 0 Å². The van der Waals surface area contributed by atoms with Gasteiger partial charge in [0, 0.05) is 25.9 Å². The largest absolute Gasteiger partial charge is 0.292 e. The Morgan fingerprint density at radius 2 is 1.89 bits per heavy atom. The Hall–Kier alpha value is -2.04. The molecule has 0 aliphatic rings. The molecular formula is C13H18N4O. The average Bonchev–Trinajstić information content (AvgIpc) is 2.83. The van der Waals surface area contributed by atoms with E-state index in [-0.39, 0.29) is 5.78 Å². The maximum Gasteiger partial charge on any atom is 0.180 e. The van der Waals surface area contributed by atoms with Crippen molar-refractivity contribution < 1.29 is 4.79 Å². The SMILES string of the molecule is CC.CCC(=O)c1cc(-c2ncccn2)nn1C. The van der Waals surface area contributed by atoms with Gasteiger partial charge in [0.15, 0.2) is 11.6 Å². The van der Waals surface area contributed by atoms with Gasteiger partial charge in [-0.05, 0) is 12.1 Å². The standard InChI is InChI=1S/C11H12N4O.C2H6/c1-3-10(16)9-7-8(14-15(9)2)11-12-5-4-6-13-11;1-2/h4-7H,3H2,1-2H3;1-2H3. The van der Waals surface area contributed by atoms with E-state index in [1.54, 1.807) is 36.3 Å². The second-order valence-corrected chi connectivity index (χ2v) is 3.39. The molecule has 2 rings (SSSR count). The van der Waals surface area contributed by atoms with Gasteiger partial charge in [-0.15, -0.1) is 0 Å². The number of rotatable bonds is 3. The number of ketones is 1. The summed E-state index contributed by atoms with van der Waals surface area (Å²) < 4.78 is 1.57. The summed E-state index contributed by atoms with van der Waals surface area (Å²) >= 11 is 0. The number of carbonyl (C=O) groups is 1. The van der Waals surface area contributed by atoms with Crippen LogP contribution in [0, 0.1) is 0 Å². The highest BCUT2D eigenvalue weighted by Crippen LogP contribution is 2.14. The van der Waals surface area contributed by atoms with E-state index in [9.17, 15) is 4.79 Å². The highest BCUT2D eigenvalue weighted by atomic mass is 16.1. The van der Waals surface area contributed by atoms with Crippen molar-refractivity contribution in [3.8, 4) is 11.5 Å². The Morgan fingerprint density at radius 3 is 2.44 bits per heavy atom. The molecule has 0 saturated carbocycles. The van der Waals surface area contributed by atoms with Crippen molar-refractivity contribution in [1.82, 2.24) is 19.7 Å². The van der Waals surface area contributed by atoms with Gasteiger partial charge in [-0.3, -0.25) is 9.48 Å². The number of Topliss-reactive ketones (excluding diaryl/α,β-unsaturated/α-hetero) is 1. The minimum absolute atomic E-state index is 0.0668. The summed E-state index contributed by atoms with van der Waals surface area (Å²) in [4.78, 5) is 19.8. The maximum absolute atomic E-state index is 11.6. The number of carbonyl (C=O) groups excluding carboxylic acids is 1. The van der Waals surface area contributed by atoms with Crippen LogP contribution < -0.4 is 0 Å². The Morgan fingerprint density at radius 1 is 1.28 bits per heavy atom. The average molecular weight is 246 g/mol. The predicted octanol–water partition coefficient (Wildman–Crippen LogP) is 2.50. The predicted molar refractivity (Wildman–Crippen MR) is 70.2 cm³/mol. The van der Waals surface area contributed by atoms with Crippen molar-refractivity contribution in [2.75, 3.05) is 0 Å². The zero-order valence-electron chi connectivity index (χ0n) is 11.2. The van der Waals surface area contributed by atoms with Gasteiger partial charge in [-0.25, -0.2) is 9.97 Å². The summed E-state index contributed by atoms with van der Waals surface area (Å²) in [5, 5.41) is 4.22. The Kier molecular flexibility index (Phi) is 5.17. The van der Waals surface area contributed by atoms with Gasteiger partial charge < -0.3 is 0 Å². The highest BCUT2D eigenvalue weighted by Gasteiger charge is 2.13. The van der Waals surface area contributed by atoms with Crippen molar-refractivity contribution >= 4 is 5.78 Å². The van der Waals surface area contributed by atoms with Crippen LogP contribution in [0.1, 0.15) is 37.7 Å². The molecule has 0 amide bonds. The smallest absolute Gasteiger partial charge is 0.180 e. The fourth-order valence-electron chi connectivity index (χ4n) is 1.45. The fourth-order valence-corrected chi connectivity index (χ4v) is 1.45. The molecule has 0 unspecified atom stereocenters. The van der Waals surface area contributed by atoms with E-state index in [4.69, 9.17) is 0 Å². The molecule has 2 aromatic heterocycles. The Labute approximate surface area is 107 Å². The Balaban J connectivity index is 0.000000771. The first-order chi connectivity index (χ1) is 8.72. The molecule has 0 spiro atoms. The maximum atomic E-state index is 11.6. The third kappa shape index (κ3) is 3.00. The molecule has 0 aliphatic heterocycles. The van der Waals surface area contributed by atoms with Gasteiger partial charge in [0.2, 0.25) is 0 Å². The monoisotopic (exact) mass is 246 g/mol. The van der Waals surface area contributed by atoms with E-state index >= 15 is 0 Å². The van der Waals surface area contributed by atoms with Crippen LogP contribution in [0.2, 0.25) is 0 Å². The molecule has 5 heteroatoms. The van der Waals surface area contributed by atoms with Crippen LogP contribution in [0.5, 0.6) is 0 Å². The summed E-state index contributed by atoms with van der Waals surface area (Å²) in [6, 6.07) is 3.46. The van der Waals surface area contributed by atoms with Crippen LogP contribution in [0.25, 0.3) is 11.5 Å². The van der Waals surface area contributed by atoms with Gasteiger partial charge >= 0.3 is 0 Å². The van der Waals surface area contributed by atoms with Gasteiger partial charge in [0.1, 0.15) is 11.4 Å². The highest BCUT2D eigenvalue weighted by molar-refractivity contribution is 5.95. The van der Waals surface area contributed by atoms with Crippen molar-refractivity contribution in [2.45, 2.75) is 27.2 Å². The number of nitrogens with zero attached hydrogens (tertiary/aromatic N) is 4. The van der Waals surface area contributed by atoms with Crippen LogP contribution in [0.3, 0.4) is 0 Å². The molecule has 96 valence electrons. The first kappa shape index (κ1) is 14.0. The molecule has 5 nitrogen and oxygen atoms in total. The van der Waals surface area contributed by atoms with Crippen LogP contribution >= 0.6 is 0 Å². The number of hydrogen-bond donors (Lipinski definition) is 0. The molecule has 18 heavy (non-hydrogen) atoms. The van der Waals surface area contributed by atoms with Crippen molar-refractivity contribution in [1.29, 1.82) is 0 Å². The molecule has 0 bridgehead atoms. The van der Waals surface area contributed by atoms with Crippen LogP contribution in [-0.4, -0.2) is 25.5 Å². The zero-order valence-corrected chi connectivity index (χ0v) is 11.2. The van der Waals surface area contributed by atoms with Crippen LogP contribution in [0.15, 0.2) is 24.5 Å². The third-order valence-corrected chi connectivity index (χ3v) is 2.28. The topological polar surface area (TPSA) is 60.7 Å². The molecular weight excluding hydrogens is 228 g/mol. The fraction of sp³-hybridized carbons (Fsp3) is 0.385. The second kappa shape index (κ2) is 6.64. The lowest BCUT2D eigenvalue weighted by Gasteiger charge is -1.95. The molecule has 0 radical (unpaired) electrons. The summed E-state index contributed by atoms with van der Waals surface area (Å²) in [7, 11) is 1.75. The zero-order chi connectivity index (χ0) is 13.5. The first-order valence-corrected chi connectivity index (χ1v) is 6.07. The van der Waals surface area contributed by atoms with Crippen LogP contribution in [0.4, 0.5) is 0 Å². The number of hydrogen-bond acceptors (Lipinski definition) is 4. The lowest BCUT2D eigenvalue weighted by molar-refractivity contribution is 0.0979. The van der Waals surface area contributed by atoms with Crippen molar-refractivity contribution in [3.05, 3.63) is 30.2 Å². The van der Waals surface area contributed by atoms with E-state index in [0.29, 0.717) is 23.6 Å². The summed E-state index contributed by atoms with van der Waals surface area (Å²) in [6.07, 6.45) is 3.77. The van der Waals surface area contributed by atoms with Gasteiger partial charge in [0.25, 0.3) is 0 Å². The Bertz CT molecular complexity index is 505. The number of aryl methyl sites for hydroxylation is 1. The summed E-state index contributed by atoms with van der Waals surface area (Å²) in [6.45, 7) is 5.83. The van der Waals surface area contributed by atoms with E-state index in [1.807, 2.05) is 20.8 Å². The normalized spacial score (nSPS) is 9.56.